The molecule has 4 nitrogen and oxygen atoms in total. The van der Waals surface area contributed by atoms with Gasteiger partial charge in [-0.3, -0.25) is 4.72 Å². The molecule has 0 saturated heterocycles. The van der Waals surface area contributed by atoms with Crippen molar-refractivity contribution in [3.8, 4) is 11.8 Å². The molecule has 0 aromatic heterocycles. The average Bonchev–Trinajstić information content (AvgIpc) is 2.25. The second-order valence-electron chi connectivity index (χ2n) is 4.83. The smallest absolute Gasteiger partial charge is 0.233 e. The molecule has 0 bridgehead atoms. The molecule has 0 saturated carbocycles. The second kappa shape index (κ2) is 6.60. The number of anilines is 1. The number of hydrogen-bond donors (Lipinski definition) is 2. The van der Waals surface area contributed by atoms with E-state index in [1.807, 2.05) is 26.8 Å². The van der Waals surface area contributed by atoms with E-state index in [2.05, 4.69) is 16.6 Å². The summed E-state index contributed by atoms with van der Waals surface area (Å²) in [5.74, 6) is 5.77. The van der Waals surface area contributed by atoms with Crippen molar-refractivity contribution in [3.05, 3.63) is 29.3 Å². The molecule has 0 aliphatic rings. The van der Waals surface area contributed by atoms with Crippen molar-refractivity contribution in [1.82, 2.24) is 0 Å². The minimum Gasteiger partial charge on any atom is -0.320 e. The molecule has 1 rings (SSSR count). The third-order valence-corrected chi connectivity index (χ3v) is 3.95. The van der Waals surface area contributed by atoms with E-state index in [4.69, 9.17) is 5.73 Å². The Hall–Kier alpha value is -1.51. The fraction of sp³-hybridized carbons (Fsp3) is 0.429. The number of rotatable bonds is 4. The van der Waals surface area contributed by atoms with Gasteiger partial charge in [0, 0.05) is 5.56 Å². The van der Waals surface area contributed by atoms with Gasteiger partial charge in [-0.1, -0.05) is 31.8 Å². The van der Waals surface area contributed by atoms with Gasteiger partial charge in [-0.25, -0.2) is 8.42 Å². The Morgan fingerprint density at radius 1 is 1.37 bits per heavy atom. The number of hydrogen-bond acceptors (Lipinski definition) is 3. The van der Waals surface area contributed by atoms with Crippen molar-refractivity contribution in [2.75, 3.05) is 17.0 Å². The van der Waals surface area contributed by atoms with E-state index in [1.54, 1.807) is 12.1 Å². The Balaban J connectivity index is 3.09. The van der Waals surface area contributed by atoms with E-state index in [9.17, 15) is 8.42 Å². The predicted molar refractivity (Wildman–Crippen MR) is 79.4 cm³/mol. The SMILES string of the molecule is Cc1ccc(C#CCN)c(NS(=O)(=O)CC(C)C)c1. The molecule has 0 aliphatic heterocycles. The summed E-state index contributed by atoms with van der Waals surface area (Å²) in [6, 6.07) is 5.46. The van der Waals surface area contributed by atoms with Crippen LogP contribution in [-0.2, 0) is 10.0 Å². The van der Waals surface area contributed by atoms with Crippen LogP contribution in [0.4, 0.5) is 5.69 Å². The van der Waals surface area contributed by atoms with Gasteiger partial charge in [0.2, 0.25) is 10.0 Å². The fourth-order valence-electron chi connectivity index (χ4n) is 1.65. The van der Waals surface area contributed by atoms with E-state index in [0.717, 1.165) is 5.56 Å². The predicted octanol–water partition coefficient (Wildman–Crippen LogP) is 1.70. The minimum absolute atomic E-state index is 0.0703. The van der Waals surface area contributed by atoms with E-state index >= 15 is 0 Å². The second-order valence-corrected chi connectivity index (χ2v) is 6.60. The topological polar surface area (TPSA) is 72.2 Å². The Morgan fingerprint density at radius 3 is 2.63 bits per heavy atom. The van der Waals surface area contributed by atoms with Crippen molar-refractivity contribution in [3.63, 3.8) is 0 Å². The molecule has 104 valence electrons. The van der Waals surface area contributed by atoms with Crippen molar-refractivity contribution in [2.24, 2.45) is 11.7 Å². The number of nitrogens with two attached hydrogens (primary N) is 1. The van der Waals surface area contributed by atoms with Gasteiger partial charge in [0.25, 0.3) is 0 Å². The zero-order valence-electron chi connectivity index (χ0n) is 11.5. The lowest BCUT2D eigenvalue weighted by Gasteiger charge is -2.12. The highest BCUT2D eigenvalue weighted by Crippen LogP contribution is 2.18. The first-order chi connectivity index (χ1) is 8.84. The molecule has 0 amide bonds. The van der Waals surface area contributed by atoms with Crippen LogP contribution in [0.5, 0.6) is 0 Å². The van der Waals surface area contributed by atoms with Crippen LogP contribution in [-0.4, -0.2) is 20.7 Å². The first-order valence-electron chi connectivity index (χ1n) is 6.14. The number of nitrogens with one attached hydrogen (secondary N) is 1. The van der Waals surface area contributed by atoms with Gasteiger partial charge in [0.1, 0.15) is 0 Å². The summed E-state index contributed by atoms with van der Waals surface area (Å²) in [5.41, 5.74) is 7.47. The van der Waals surface area contributed by atoms with Crippen LogP contribution in [0.1, 0.15) is 25.0 Å². The largest absolute Gasteiger partial charge is 0.320 e. The van der Waals surface area contributed by atoms with Crippen LogP contribution < -0.4 is 10.5 Å². The average molecular weight is 280 g/mol. The maximum atomic E-state index is 12.0. The molecule has 0 atom stereocenters. The van der Waals surface area contributed by atoms with E-state index < -0.39 is 10.0 Å². The van der Waals surface area contributed by atoms with Gasteiger partial charge in [0.05, 0.1) is 18.0 Å². The summed E-state index contributed by atoms with van der Waals surface area (Å²) in [4.78, 5) is 0. The lowest BCUT2D eigenvalue weighted by Crippen LogP contribution is -2.20. The summed E-state index contributed by atoms with van der Waals surface area (Å²) in [5, 5.41) is 0. The van der Waals surface area contributed by atoms with Gasteiger partial charge in [-0.2, -0.15) is 0 Å². The van der Waals surface area contributed by atoms with E-state index in [1.165, 1.54) is 0 Å². The van der Waals surface area contributed by atoms with Gasteiger partial charge >= 0.3 is 0 Å². The quantitative estimate of drug-likeness (QED) is 0.825. The summed E-state index contributed by atoms with van der Waals surface area (Å²) in [7, 11) is -3.35. The molecule has 1 aromatic carbocycles. The Bertz CT molecular complexity index is 596. The molecule has 0 aliphatic carbocycles. The monoisotopic (exact) mass is 280 g/mol. The third-order valence-electron chi connectivity index (χ3n) is 2.32. The lowest BCUT2D eigenvalue weighted by molar-refractivity contribution is 0.587. The molecule has 1 aromatic rings. The van der Waals surface area contributed by atoms with Gasteiger partial charge in [0.15, 0.2) is 0 Å². The summed E-state index contributed by atoms with van der Waals surface area (Å²) in [6.45, 7) is 5.88. The normalized spacial score (nSPS) is 11.0. The Morgan fingerprint density at radius 2 is 2.05 bits per heavy atom. The maximum Gasteiger partial charge on any atom is 0.233 e. The molecule has 0 heterocycles. The minimum atomic E-state index is -3.35. The van der Waals surface area contributed by atoms with E-state index in [0.29, 0.717) is 11.3 Å². The number of sulfonamides is 1. The van der Waals surface area contributed by atoms with Crippen molar-refractivity contribution < 1.29 is 8.42 Å². The van der Waals surface area contributed by atoms with Crippen LogP contribution in [0.2, 0.25) is 0 Å². The van der Waals surface area contributed by atoms with Crippen LogP contribution in [0.15, 0.2) is 18.2 Å². The molecular formula is C14H20N2O2S. The third kappa shape index (κ3) is 5.33. The molecule has 0 spiro atoms. The Labute approximate surface area is 115 Å². The summed E-state index contributed by atoms with van der Waals surface area (Å²) in [6.07, 6.45) is 0. The summed E-state index contributed by atoms with van der Waals surface area (Å²) < 4.78 is 26.5. The number of benzene rings is 1. The van der Waals surface area contributed by atoms with Crippen molar-refractivity contribution in [2.45, 2.75) is 20.8 Å². The molecule has 3 N–H and O–H groups in total. The zero-order valence-corrected chi connectivity index (χ0v) is 12.3. The number of aryl methyl sites for hydroxylation is 1. The van der Waals surface area contributed by atoms with Crippen molar-refractivity contribution >= 4 is 15.7 Å². The maximum absolute atomic E-state index is 12.0. The molecule has 19 heavy (non-hydrogen) atoms. The standard InChI is InChI=1S/C14H20N2O2S/c1-11(2)10-19(17,18)16-14-9-12(3)6-7-13(14)5-4-8-15/h6-7,9,11,16H,8,10,15H2,1-3H3. The first-order valence-corrected chi connectivity index (χ1v) is 7.79. The molecule has 0 fully saturated rings. The highest BCUT2D eigenvalue weighted by Gasteiger charge is 2.14. The van der Waals surface area contributed by atoms with Crippen LogP contribution >= 0.6 is 0 Å². The van der Waals surface area contributed by atoms with Gasteiger partial charge in [-0.05, 0) is 30.5 Å². The molecular weight excluding hydrogens is 260 g/mol. The first kappa shape index (κ1) is 15.5. The Kier molecular flexibility index (Phi) is 5.40. The molecule has 0 radical (unpaired) electrons. The van der Waals surface area contributed by atoms with Crippen LogP contribution in [0.25, 0.3) is 0 Å². The van der Waals surface area contributed by atoms with E-state index in [-0.39, 0.29) is 18.2 Å². The van der Waals surface area contributed by atoms with Gasteiger partial charge < -0.3 is 5.73 Å². The van der Waals surface area contributed by atoms with Gasteiger partial charge in [-0.15, -0.1) is 0 Å². The molecule has 5 heteroatoms. The zero-order chi connectivity index (χ0) is 14.5. The lowest BCUT2D eigenvalue weighted by atomic mass is 10.1. The van der Waals surface area contributed by atoms with Crippen molar-refractivity contribution in [1.29, 1.82) is 0 Å². The molecule has 0 unspecified atom stereocenters. The van der Waals surface area contributed by atoms with Crippen LogP contribution in [0.3, 0.4) is 0 Å². The summed E-state index contributed by atoms with van der Waals surface area (Å²) >= 11 is 0. The highest BCUT2D eigenvalue weighted by atomic mass is 32.2. The van der Waals surface area contributed by atoms with Crippen LogP contribution in [0, 0.1) is 24.7 Å². The fourth-order valence-corrected chi connectivity index (χ4v) is 3.11. The highest BCUT2D eigenvalue weighted by molar-refractivity contribution is 7.92.